The standard InChI is InChI=1S/C9H12ClN5/c10-7-2-3-8-13-9(12-5-1-4-11)14-15(8)6-7/h2-3,6H,1,4-5,11H2,(H,12,14). The van der Waals surface area contributed by atoms with Crippen molar-refractivity contribution in [3.05, 3.63) is 23.4 Å². The summed E-state index contributed by atoms with van der Waals surface area (Å²) in [6.07, 6.45) is 2.62. The summed E-state index contributed by atoms with van der Waals surface area (Å²) in [6, 6.07) is 3.61. The minimum absolute atomic E-state index is 0.603. The Morgan fingerprint density at radius 3 is 3.13 bits per heavy atom. The first kappa shape index (κ1) is 10.2. The summed E-state index contributed by atoms with van der Waals surface area (Å²) in [7, 11) is 0. The van der Waals surface area contributed by atoms with Gasteiger partial charge in [-0.2, -0.15) is 4.98 Å². The number of aromatic nitrogens is 3. The molecule has 0 unspecified atom stereocenters. The summed E-state index contributed by atoms with van der Waals surface area (Å²) in [6.45, 7) is 1.44. The van der Waals surface area contributed by atoms with E-state index in [2.05, 4.69) is 15.4 Å². The third-order valence-electron chi connectivity index (χ3n) is 1.96. The summed E-state index contributed by atoms with van der Waals surface area (Å²) >= 11 is 5.83. The lowest BCUT2D eigenvalue weighted by atomic mass is 10.4. The zero-order valence-corrected chi connectivity index (χ0v) is 8.91. The number of fused-ring (bicyclic) bond motifs is 1. The molecule has 0 aliphatic heterocycles. The van der Waals surface area contributed by atoms with Crippen LogP contribution in [-0.2, 0) is 0 Å². The van der Waals surface area contributed by atoms with Crippen molar-refractivity contribution in [2.75, 3.05) is 18.4 Å². The second-order valence-corrected chi connectivity index (χ2v) is 3.59. The predicted octanol–water partition coefficient (Wildman–Crippen LogP) is 1.14. The molecular weight excluding hydrogens is 214 g/mol. The van der Waals surface area contributed by atoms with Crippen molar-refractivity contribution in [1.82, 2.24) is 14.6 Å². The van der Waals surface area contributed by atoms with Gasteiger partial charge in [-0.25, -0.2) is 4.52 Å². The number of hydrogen-bond donors (Lipinski definition) is 2. The van der Waals surface area contributed by atoms with Crippen LogP contribution in [-0.4, -0.2) is 27.7 Å². The van der Waals surface area contributed by atoms with Crippen molar-refractivity contribution in [3.8, 4) is 0 Å². The van der Waals surface area contributed by atoms with Crippen LogP contribution in [0.5, 0.6) is 0 Å². The lowest BCUT2D eigenvalue weighted by Crippen LogP contribution is -2.09. The van der Waals surface area contributed by atoms with Gasteiger partial charge in [0.1, 0.15) is 0 Å². The number of nitrogens with one attached hydrogen (secondary N) is 1. The van der Waals surface area contributed by atoms with E-state index in [1.807, 2.05) is 6.07 Å². The first-order chi connectivity index (χ1) is 7.29. The number of halogens is 1. The lowest BCUT2D eigenvalue weighted by Gasteiger charge is -1.97. The SMILES string of the molecule is NCCCNc1nc2ccc(Cl)cn2n1. The molecule has 0 spiro atoms. The Morgan fingerprint density at radius 1 is 1.47 bits per heavy atom. The molecule has 5 nitrogen and oxygen atoms in total. The summed E-state index contributed by atoms with van der Waals surface area (Å²) in [5.74, 6) is 0.603. The Morgan fingerprint density at radius 2 is 2.33 bits per heavy atom. The van der Waals surface area contributed by atoms with Crippen LogP contribution in [0.25, 0.3) is 5.65 Å². The molecule has 0 amide bonds. The van der Waals surface area contributed by atoms with Gasteiger partial charge in [0.15, 0.2) is 5.65 Å². The molecule has 0 fully saturated rings. The van der Waals surface area contributed by atoms with E-state index in [4.69, 9.17) is 17.3 Å². The van der Waals surface area contributed by atoms with Crippen LogP contribution in [0, 0.1) is 0 Å². The van der Waals surface area contributed by atoms with E-state index in [1.165, 1.54) is 0 Å². The van der Waals surface area contributed by atoms with Crippen molar-refractivity contribution in [2.24, 2.45) is 5.73 Å². The fourth-order valence-corrected chi connectivity index (χ4v) is 1.39. The van der Waals surface area contributed by atoms with Gasteiger partial charge in [0.05, 0.1) is 5.02 Å². The largest absolute Gasteiger partial charge is 0.353 e. The Labute approximate surface area is 92.2 Å². The zero-order chi connectivity index (χ0) is 10.7. The highest BCUT2D eigenvalue weighted by molar-refractivity contribution is 6.30. The Kier molecular flexibility index (Phi) is 3.03. The van der Waals surface area contributed by atoms with Gasteiger partial charge in [0.2, 0.25) is 5.95 Å². The molecule has 0 aromatic carbocycles. The summed E-state index contributed by atoms with van der Waals surface area (Å²) in [5, 5.41) is 7.94. The maximum Gasteiger partial charge on any atom is 0.243 e. The minimum atomic E-state index is 0.603. The van der Waals surface area contributed by atoms with E-state index in [1.54, 1.807) is 16.8 Å². The van der Waals surface area contributed by atoms with Gasteiger partial charge >= 0.3 is 0 Å². The molecule has 0 aliphatic rings. The monoisotopic (exact) mass is 225 g/mol. The average Bonchev–Trinajstić information content (AvgIpc) is 2.60. The second-order valence-electron chi connectivity index (χ2n) is 3.15. The topological polar surface area (TPSA) is 68.2 Å². The quantitative estimate of drug-likeness (QED) is 0.766. The number of rotatable bonds is 4. The number of pyridine rings is 1. The molecule has 6 heteroatoms. The average molecular weight is 226 g/mol. The molecule has 0 atom stereocenters. The van der Waals surface area contributed by atoms with Crippen molar-refractivity contribution >= 4 is 23.2 Å². The predicted molar refractivity (Wildman–Crippen MR) is 60.2 cm³/mol. The molecule has 80 valence electrons. The normalized spacial score (nSPS) is 10.8. The van der Waals surface area contributed by atoms with Crippen molar-refractivity contribution < 1.29 is 0 Å². The maximum absolute atomic E-state index is 5.83. The fourth-order valence-electron chi connectivity index (χ4n) is 1.24. The lowest BCUT2D eigenvalue weighted by molar-refractivity contribution is 0.859. The van der Waals surface area contributed by atoms with E-state index in [9.17, 15) is 0 Å². The molecule has 15 heavy (non-hydrogen) atoms. The van der Waals surface area contributed by atoms with Crippen molar-refractivity contribution in [2.45, 2.75) is 6.42 Å². The molecule has 0 saturated carbocycles. The van der Waals surface area contributed by atoms with E-state index >= 15 is 0 Å². The number of nitrogens with zero attached hydrogens (tertiary/aromatic N) is 3. The zero-order valence-electron chi connectivity index (χ0n) is 8.15. The van der Waals surface area contributed by atoms with Gasteiger partial charge in [-0.3, -0.25) is 0 Å². The van der Waals surface area contributed by atoms with E-state index < -0.39 is 0 Å². The summed E-state index contributed by atoms with van der Waals surface area (Å²) in [4.78, 5) is 4.27. The van der Waals surface area contributed by atoms with Crippen LogP contribution in [0.3, 0.4) is 0 Å². The second kappa shape index (κ2) is 4.46. The molecule has 0 aliphatic carbocycles. The summed E-state index contributed by atoms with van der Waals surface area (Å²) in [5.41, 5.74) is 6.16. The highest BCUT2D eigenvalue weighted by Crippen LogP contribution is 2.11. The minimum Gasteiger partial charge on any atom is -0.353 e. The maximum atomic E-state index is 5.83. The van der Waals surface area contributed by atoms with Gasteiger partial charge in [-0.1, -0.05) is 11.6 Å². The van der Waals surface area contributed by atoms with Crippen LogP contribution in [0.15, 0.2) is 18.3 Å². The molecule has 2 heterocycles. The highest BCUT2D eigenvalue weighted by atomic mass is 35.5. The molecule has 2 aromatic heterocycles. The molecule has 0 radical (unpaired) electrons. The first-order valence-corrected chi connectivity index (χ1v) is 5.13. The number of nitrogens with two attached hydrogens (primary N) is 1. The molecule has 0 bridgehead atoms. The molecule has 2 aromatic rings. The van der Waals surface area contributed by atoms with Crippen LogP contribution in [0.4, 0.5) is 5.95 Å². The Balaban J connectivity index is 2.16. The number of anilines is 1. The Bertz CT molecular complexity index is 453. The molecule has 3 N–H and O–H groups in total. The van der Waals surface area contributed by atoms with Gasteiger partial charge in [0, 0.05) is 12.7 Å². The van der Waals surface area contributed by atoms with Gasteiger partial charge < -0.3 is 11.1 Å². The highest BCUT2D eigenvalue weighted by Gasteiger charge is 2.02. The van der Waals surface area contributed by atoms with Crippen LogP contribution in [0.1, 0.15) is 6.42 Å². The van der Waals surface area contributed by atoms with Gasteiger partial charge in [0.25, 0.3) is 0 Å². The summed E-state index contributed by atoms with van der Waals surface area (Å²) < 4.78 is 1.65. The van der Waals surface area contributed by atoms with Crippen LogP contribution >= 0.6 is 11.6 Å². The van der Waals surface area contributed by atoms with Crippen LogP contribution < -0.4 is 11.1 Å². The van der Waals surface area contributed by atoms with Crippen molar-refractivity contribution in [1.29, 1.82) is 0 Å². The van der Waals surface area contributed by atoms with E-state index in [0.717, 1.165) is 18.6 Å². The van der Waals surface area contributed by atoms with E-state index in [-0.39, 0.29) is 0 Å². The molecule has 2 rings (SSSR count). The van der Waals surface area contributed by atoms with Gasteiger partial charge in [-0.15, -0.1) is 5.10 Å². The molecular formula is C9H12ClN5. The Hall–Kier alpha value is -1.33. The van der Waals surface area contributed by atoms with Crippen molar-refractivity contribution in [3.63, 3.8) is 0 Å². The third-order valence-corrected chi connectivity index (χ3v) is 2.18. The molecule has 0 saturated heterocycles. The van der Waals surface area contributed by atoms with E-state index in [0.29, 0.717) is 17.5 Å². The fraction of sp³-hybridized carbons (Fsp3) is 0.333. The van der Waals surface area contributed by atoms with Crippen LogP contribution in [0.2, 0.25) is 5.02 Å². The van der Waals surface area contributed by atoms with Gasteiger partial charge in [-0.05, 0) is 25.1 Å². The first-order valence-electron chi connectivity index (χ1n) is 4.75. The number of hydrogen-bond acceptors (Lipinski definition) is 4. The third kappa shape index (κ3) is 2.37. The smallest absolute Gasteiger partial charge is 0.243 e.